The standard InChI is InChI=1S/C24H23ClFN5O4/c1-3-22(32)30-20-9-16-19(10-21(20)34-7-6-31-11-14(2)35-23(33)12-31)27-13-28-24(16)29-15-4-5-18(26)17(25)8-15/h3-5,8-10,13-14H,1,6-7,11-12H2,2H3,(H,30,32)(H,27,28,29)/t14-/m0/s1. The van der Waals surface area contributed by atoms with Gasteiger partial charge in [0.15, 0.2) is 0 Å². The largest absolute Gasteiger partial charge is 0.490 e. The Hall–Kier alpha value is -3.76. The van der Waals surface area contributed by atoms with Gasteiger partial charge in [0.05, 0.1) is 22.8 Å². The number of halogens is 2. The summed E-state index contributed by atoms with van der Waals surface area (Å²) in [5, 5.41) is 6.40. The van der Waals surface area contributed by atoms with Crippen molar-refractivity contribution >= 4 is 51.6 Å². The zero-order chi connectivity index (χ0) is 24.9. The van der Waals surface area contributed by atoms with E-state index >= 15 is 0 Å². The highest BCUT2D eigenvalue weighted by Gasteiger charge is 2.23. The first kappa shape index (κ1) is 24.4. The Balaban J connectivity index is 1.59. The Labute approximate surface area is 205 Å². The van der Waals surface area contributed by atoms with E-state index in [0.717, 1.165) is 6.08 Å². The fourth-order valence-electron chi connectivity index (χ4n) is 3.66. The average molecular weight is 500 g/mol. The molecule has 1 amide bonds. The summed E-state index contributed by atoms with van der Waals surface area (Å²) < 4.78 is 24.6. The van der Waals surface area contributed by atoms with Crippen LogP contribution in [0.4, 0.5) is 21.6 Å². The number of fused-ring (bicyclic) bond motifs is 1. The Bertz CT molecular complexity index is 1290. The van der Waals surface area contributed by atoms with Crippen molar-refractivity contribution in [3.63, 3.8) is 0 Å². The summed E-state index contributed by atoms with van der Waals surface area (Å²) in [6.45, 7) is 6.90. The molecule has 0 radical (unpaired) electrons. The van der Waals surface area contributed by atoms with Gasteiger partial charge in [-0.05, 0) is 37.3 Å². The van der Waals surface area contributed by atoms with Crippen LogP contribution in [0.2, 0.25) is 5.02 Å². The lowest BCUT2D eigenvalue weighted by molar-refractivity contribution is -0.157. The van der Waals surface area contributed by atoms with Crippen LogP contribution in [0.25, 0.3) is 10.9 Å². The van der Waals surface area contributed by atoms with E-state index in [-0.39, 0.29) is 30.2 Å². The van der Waals surface area contributed by atoms with Gasteiger partial charge in [0.1, 0.15) is 36.4 Å². The van der Waals surface area contributed by atoms with Gasteiger partial charge in [-0.25, -0.2) is 14.4 Å². The number of aromatic nitrogens is 2. The van der Waals surface area contributed by atoms with Gasteiger partial charge in [-0.3, -0.25) is 14.5 Å². The molecule has 1 aromatic heterocycles. The average Bonchev–Trinajstić information content (AvgIpc) is 2.81. The van der Waals surface area contributed by atoms with E-state index in [1.54, 1.807) is 12.1 Å². The van der Waals surface area contributed by atoms with Crippen molar-refractivity contribution in [2.24, 2.45) is 0 Å². The summed E-state index contributed by atoms with van der Waals surface area (Å²) in [5.41, 5.74) is 1.48. The second-order valence-electron chi connectivity index (χ2n) is 7.92. The molecule has 4 rings (SSSR count). The minimum atomic E-state index is -0.531. The fourth-order valence-corrected chi connectivity index (χ4v) is 3.84. The number of cyclic esters (lactones) is 1. The number of carbonyl (C=O) groups excluding carboxylic acids is 2. The SMILES string of the molecule is C=CC(=O)Nc1cc2c(Nc3ccc(F)c(Cl)c3)ncnc2cc1OCCN1CC(=O)O[C@@H](C)C1. The summed E-state index contributed by atoms with van der Waals surface area (Å²) in [6, 6.07) is 7.59. The van der Waals surface area contributed by atoms with Crippen molar-refractivity contribution in [3.05, 3.63) is 60.2 Å². The molecule has 0 aliphatic carbocycles. The summed E-state index contributed by atoms with van der Waals surface area (Å²) >= 11 is 5.89. The molecule has 35 heavy (non-hydrogen) atoms. The van der Waals surface area contributed by atoms with Crippen molar-refractivity contribution in [1.29, 1.82) is 0 Å². The molecule has 3 aromatic rings. The summed E-state index contributed by atoms with van der Waals surface area (Å²) in [6.07, 6.45) is 2.34. The predicted molar refractivity (Wildman–Crippen MR) is 131 cm³/mol. The number of esters is 1. The Morgan fingerprint density at radius 3 is 2.94 bits per heavy atom. The van der Waals surface area contributed by atoms with Gasteiger partial charge in [-0.2, -0.15) is 0 Å². The van der Waals surface area contributed by atoms with Gasteiger partial charge >= 0.3 is 5.97 Å². The van der Waals surface area contributed by atoms with E-state index in [2.05, 4.69) is 27.2 Å². The van der Waals surface area contributed by atoms with Gasteiger partial charge < -0.3 is 20.1 Å². The third-order valence-electron chi connectivity index (χ3n) is 5.23. The smallest absolute Gasteiger partial charge is 0.320 e. The van der Waals surface area contributed by atoms with Crippen LogP contribution in [-0.4, -0.2) is 59.1 Å². The van der Waals surface area contributed by atoms with Crippen LogP contribution in [0.1, 0.15) is 6.92 Å². The number of carbonyl (C=O) groups is 2. The molecule has 1 aliphatic heterocycles. The zero-order valence-corrected chi connectivity index (χ0v) is 19.6. The molecule has 0 bridgehead atoms. The zero-order valence-electron chi connectivity index (χ0n) is 18.9. The first-order chi connectivity index (χ1) is 16.8. The van der Waals surface area contributed by atoms with E-state index in [9.17, 15) is 14.0 Å². The van der Waals surface area contributed by atoms with Gasteiger partial charge in [0, 0.05) is 30.2 Å². The molecule has 1 aliphatic rings. The first-order valence-corrected chi connectivity index (χ1v) is 11.2. The van der Waals surface area contributed by atoms with Gasteiger partial charge in [0.2, 0.25) is 5.91 Å². The van der Waals surface area contributed by atoms with Crippen LogP contribution < -0.4 is 15.4 Å². The number of amides is 1. The monoisotopic (exact) mass is 499 g/mol. The molecule has 11 heteroatoms. The first-order valence-electron chi connectivity index (χ1n) is 10.8. The van der Waals surface area contributed by atoms with E-state index in [1.165, 1.54) is 24.5 Å². The van der Waals surface area contributed by atoms with Crippen molar-refractivity contribution in [2.75, 3.05) is 36.9 Å². The van der Waals surface area contributed by atoms with Crippen LogP contribution in [0.3, 0.4) is 0 Å². The molecule has 1 fully saturated rings. The molecule has 0 spiro atoms. The normalized spacial score (nSPS) is 16.0. The third kappa shape index (κ3) is 6.03. The lowest BCUT2D eigenvalue weighted by Crippen LogP contribution is -2.45. The van der Waals surface area contributed by atoms with Crippen LogP contribution in [0.15, 0.2) is 49.3 Å². The Morgan fingerprint density at radius 1 is 1.37 bits per heavy atom. The topological polar surface area (TPSA) is 106 Å². The lowest BCUT2D eigenvalue weighted by Gasteiger charge is -2.30. The number of hydrogen-bond donors (Lipinski definition) is 2. The third-order valence-corrected chi connectivity index (χ3v) is 5.52. The van der Waals surface area contributed by atoms with E-state index in [0.29, 0.717) is 46.9 Å². The molecule has 1 saturated heterocycles. The minimum Gasteiger partial charge on any atom is -0.490 e. The molecule has 1 atom stereocenters. The number of anilines is 3. The van der Waals surface area contributed by atoms with Crippen LogP contribution in [-0.2, 0) is 14.3 Å². The highest BCUT2D eigenvalue weighted by Crippen LogP contribution is 2.34. The maximum Gasteiger partial charge on any atom is 0.320 e. The number of morpholine rings is 1. The molecular formula is C24H23ClFN5O4. The van der Waals surface area contributed by atoms with Crippen LogP contribution in [0.5, 0.6) is 5.75 Å². The van der Waals surface area contributed by atoms with Crippen molar-refractivity contribution in [1.82, 2.24) is 14.9 Å². The highest BCUT2D eigenvalue weighted by molar-refractivity contribution is 6.31. The quantitative estimate of drug-likeness (QED) is 0.355. The van der Waals surface area contributed by atoms with E-state index < -0.39 is 11.7 Å². The molecule has 2 aromatic carbocycles. The maximum absolute atomic E-state index is 13.5. The summed E-state index contributed by atoms with van der Waals surface area (Å²) in [5.74, 6) is -0.392. The highest BCUT2D eigenvalue weighted by atomic mass is 35.5. The maximum atomic E-state index is 13.5. The molecule has 0 unspecified atom stereocenters. The molecule has 9 nitrogen and oxygen atoms in total. The lowest BCUT2D eigenvalue weighted by atomic mass is 10.1. The summed E-state index contributed by atoms with van der Waals surface area (Å²) in [4.78, 5) is 34.3. The Kier molecular flexibility index (Phi) is 7.42. The Morgan fingerprint density at radius 2 is 2.20 bits per heavy atom. The van der Waals surface area contributed by atoms with Crippen LogP contribution in [0, 0.1) is 5.82 Å². The molecule has 0 saturated carbocycles. The molecule has 182 valence electrons. The van der Waals surface area contributed by atoms with Crippen molar-refractivity contribution in [2.45, 2.75) is 13.0 Å². The van der Waals surface area contributed by atoms with Gasteiger partial charge in [0.25, 0.3) is 0 Å². The molecule has 2 N–H and O–H groups in total. The number of ether oxygens (including phenoxy) is 2. The molecule has 2 heterocycles. The predicted octanol–water partition coefficient (Wildman–Crippen LogP) is 3.92. The van der Waals surface area contributed by atoms with E-state index in [4.69, 9.17) is 21.1 Å². The number of rotatable bonds is 8. The second-order valence-corrected chi connectivity index (χ2v) is 8.33. The van der Waals surface area contributed by atoms with Crippen LogP contribution >= 0.6 is 11.6 Å². The second kappa shape index (κ2) is 10.7. The number of hydrogen-bond acceptors (Lipinski definition) is 8. The number of nitrogens with zero attached hydrogens (tertiary/aromatic N) is 3. The minimum absolute atomic E-state index is 0.0284. The number of benzene rings is 2. The molecular weight excluding hydrogens is 477 g/mol. The van der Waals surface area contributed by atoms with E-state index in [1.807, 2.05) is 11.8 Å². The fraction of sp³-hybridized carbons (Fsp3) is 0.250. The van der Waals surface area contributed by atoms with Gasteiger partial charge in [-0.1, -0.05) is 18.2 Å². The van der Waals surface area contributed by atoms with Crippen molar-refractivity contribution < 1.29 is 23.5 Å². The summed E-state index contributed by atoms with van der Waals surface area (Å²) in [7, 11) is 0. The van der Waals surface area contributed by atoms with Gasteiger partial charge in [-0.15, -0.1) is 0 Å². The number of nitrogens with one attached hydrogen (secondary N) is 2. The van der Waals surface area contributed by atoms with Crippen molar-refractivity contribution in [3.8, 4) is 5.75 Å².